The molecular weight excluding hydrogens is 471 g/mol. The summed E-state index contributed by atoms with van der Waals surface area (Å²) in [7, 11) is 0. The Kier molecular flexibility index (Phi) is 6.45. The fourth-order valence-electron chi connectivity index (χ4n) is 3.28. The minimum atomic E-state index is -4.59. The zero-order chi connectivity index (χ0) is 25.2. The Labute approximate surface area is 196 Å². The first-order chi connectivity index (χ1) is 16.6. The normalized spacial score (nSPS) is 12.7. The van der Waals surface area contributed by atoms with Gasteiger partial charge in [0.1, 0.15) is 13.2 Å². The quantitative estimate of drug-likeness (QED) is 0.549. The van der Waals surface area contributed by atoms with Crippen molar-refractivity contribution >= 4 is 17.6 Å². The van der Waals surface area contributed by atoms with Crippen LogP contribution in [0, 0.1) is 6.92 Å². The average Bonchev–Trinajstić information content (AvgIpc) is 2.82. The van der Waals surface area contributed by atoms with Gasteiger partial charge in [-0.15, -0.1) is 0 Å². The van der Waals surface area contributed by atoms with Gasteiger partial charge in [-0.1, -0.05) is 6.07 Å². The molecule has 0 fully saturated rings. The first-order valence-electron chi connectivity index (χ1n) is 10.3. The Morgan fingerprint density at radius 2 is 1.83 bits per heavy atom. The number of carbonyl (C=O) groups excluding carboxylic acids is 2. The predicted octanol–water partition coefficient (Wildman–Crippen LogP) is 3.13. The summed E-state index contributed by atoms with van der Waals surface area (Å²) in [5.74, 6) is -0.915. The molecule has 0 bridgehead atoms. The summed E-state index contributed by atoms with van der Waals surface area (Å²) >= 11 is 0. The number of esters is 1. The van der Waals surface area contributed by atoms with E-state index in [0.717, 1.165) is 22.9 Å². The van der Waals surface area contributed by atoms with Crippen molar-refractivity contribution in [1.29, 1.82) is 0 Å². The summed E-state index contributed by atoms with van der Waals surface area (Å²) in [5, 5.41) is 6.39. The summed E-state index contributed by atoms with van der Waals surface area (Å²) in [5.41, 5.74) is -1.85. The molecule has 0 unspecified atom stereocenters. The van der Waals surface area contributed by atoms with Crippen molar-refractivity contribution in [2.24, 2.45) is 0 Å². The van der Waals surface area contributed by atoms with Crippen LogP contribution in [0.5, 0.6) is 11.5 Å². The van der Waals surface area contributed by atoms with Gasteiger partial charge in [0.05, 0.1) is 11.3 Å². The molecule has 3 aromatic rings. The van der Waals surface area contributed by atoms with Gasteiger partial charge in [-0.25, -0.2) is 9.48 Å². The number of alkyl halides is 3. The zero-order valence-corrected chi connectivity index (χ0v) is 18.2. The summed E-state index contributed by atoms with van der Waals surface area (Å²) in [4.78, 5) is 36.9. The number of aromatic nitrogens is 2. The molecule has 1 aliphatic heterocycles. The molecule has 12 heteroatoms. The van der Waals surface area contributed by atoms with Crippen LogP contribution >= 0.6 is 0 Å². The third-order valence-electron chi connectivity index (χ3n) is 4.88. The van der Waals surface area contributed by atoms with Crippen LogP contribution in [-0.4, -0.2) is 41.5 Å². The Balaban J connectivity index is 1.47. The van der Waals surface area contributed by atoms with Crippen molar-refractivity contribution in [1.82, 2.24) is 9.78 Å². The molecular formula is C23H18F3N3O6. The number of amides is 1. The van der Waals surface area contributed by atoms with Crippen LogP contribution in [0.15, 0.2) is 53.3 Å². The van der Waals surface area contributed by atoms with E-state index in [1.165, 1.54) is 19.1 Å². The average molecular weight is 489 g/mol. The van der Waals surface area contributed by atoms with Gasteiger partial charge in [-0.2, -0.15) is 18.3 Å². The largest absolute Gasteiger partial charge is 0.486 e. The topological polar surface area (TPSA) is 109 Å². The van der Waals surface area contributed by atoms with Gasteiger partial charge < -0.3 is 19.5 Å². The predicted molar refractivity (Wildman–Crippen MR) is 116 cm³/mol. The minimum absolute atomic E-state index is 0.0114. The highest BCUT2D eigenvalue weighted by Crippen LogP contribution is 2.32. The number of benzene rings is 2. The lowest BCUT2D eigenvalue weighted by molar-refractivity contribution is -0.137. The smallest absolute Gasteiger partial charge is 0.416 e. The lowest BCUT2D eigenvalue weighted by atomic mass is 10.2. The molecule has 182 valence electrons. The molecule has 1 aromatic heterocycles. The zero-order valence-electron chi connectivity index (χ0n) is 18.2. The van der Waals surface area contributed by atoms with Gasteiger partial charge in [0.2, 0.25) is 11.1 Å². The molecule has 0 spiro atoms. The van der Waals surface area contributed by atoms with E-state index in [1.807, 2.05) is 0 Å². The maximum atomic E-state index is 13.1. The molecule has 0 aliphatic carbocycles. The standard InChI is InChI=1S/C23H18F3N3O6/c1-13-9-17(30)21(28-29(13)16-4-2-3-14(10-16)23(24,25)26)22(32)35-12-20(31)27-15-5-6-18-19(11-15)34-8-7-33-18/h2-6,9-11H,7-8,12H2,1H3,(H,27,31). The van der Waals surface area contributed by atoms with Gasteiger partial charge in [0.25, 0.3) is 5.91 Å². The number of halogens is 3. The molecule has 1 aliphatic rings. The Morgan fingerprint density at radius 1 is 1.09 bits per heavy atom. The van der Waals surface area contributed by atoms with E-state index in [4.69, 9.17) is 14.2 Å². The lowest BCUT2D eigenvalue weighted by Crippen LogP contribution is -2.27. The number of hydrogen-bond acceptors (Lipinski definition) is 7. The van der Waals surface area contributed by atoms with E-state index < -0.39 is 41.3 Å². The highest BCUT2D eigenvalue weighted by Gasteiger charge is 2.30. The first-order valence-corrected chi connectivity index (χ1v) is 10.3. The molecule has 1 N–H and O–H groups in total. The van der Waals surface area contributed by atoms with E-state index in [2.05, 4.69) is 10.4 Å². The van der Waals surface area contributed by atoms with Crippen molar-refractivity contribution in [2.45, 2.75) is 13.1 Å². The summed E-state index contributed by atoms with van der Waals surface area (Å²) in [6.45, 7) is 1.50. The molecule has 2 aromatic carbocycles. The molecule has 9 nitrogen and oxygen atoms in total. The van der Waals surface area contributed by atoms with Crippen molar-refractivity contribution < 1.29 is 37.0 Å². The maximum absolute atomic E-state index is 13.1. The van der Waals surface area contributed by atoms with Crippen molar-refractivity contribution in [3.8, 4) is 17.2 Å². The van der Waals surface area contributed by atoms with Crippen LogP contribution in [0.2, 0.25) is 0 Å². The minimum Gasteiger partial charge on any atom is -0.486 e. The second kappa shape index (κ2) is 9.49. The second-order valence-electron chi connectivity index (χ2n) is 7.44. The first kappa shape index (κ1) is 23.8. The van der Waals surface area contributed by atoms with Crippen LogP contribution in [-0.2, 0) is 15.7 Å². The number of rotatable bonds is 5. The summed E-state index contributed by atoms with van der Waals surface area (Å²) in [6.07, 6.45) is -4.59. The Morgan fingerprint density at radius 3 is 2.57 bits per heavy atom. The lowest BCUT2D eigenvalue weighted by Gasteiger charge is -2.19. The van der Waals surface area contributed by atoms with Crippen LogP contribution in [0.25, 0.3) is 5.69 Å². The number of hydrogen-bond donors (Lipinski definition) is 1. The molecule has 1 amide bonds. The highest BCUT2D eigenvalue weighted by molar-refractivity contribution is 5.95. The van der Waals surface area contributed by atoms with Gasteiger partial charge >= 0.3 is 12.1 Å². The highest BCUT2D eigenvalue weighted by atomic mass is 19.4. The van der Waals surface area contributed by atoms with Crippen molar-refractivity contribution in [3.05, 3.63) is 75.7 Å². The maximum Gasteiger partial charge on any atom is 0.416 e. The number of fused-ring (bicyclic) bond motifs is 1. The monoisotopic (exact) mass is 489 g/mol. The second-order valence-corrected chi connectivity index (χ2v) is 7.44. The summed E-state index contributed by atoms with van der Waals surface area (Å²) < 4.78 is 55.9. The van der Waals surface area contributed by atoms with E-state index in [9.17, 15) is 27.6 Å². The van der Waals surface area contributed by atoms with Crippen molar-refractivity contribution in [2.75, 3.05) is 25.1 Å². The fraction of sp³-hybridized carbons (Fsp3) is 0.217. The van der Waals surface area contributed by atoms with E-state index >= 15 is 0 Å². The van der Waals surface area contributed by atoms with E-state index in [-0.39, 0.29) is 11.4 Å². The van der Waals surface area contributed by atoms with Crippen LogP contribution < -0.4 is 20.2 Å². The molecule has 0 saturated heterocycles. The van der Waals surface area contributed by atoms with Crippen molar-refractivity contribution in [3.63, 3.8) is 0 Å². The third-order valence-corrected chi connectivity index (χ3v) is 4.88. The summed E-state index contributed by atoms with van der Waals surface area (Å²) in [6, 6.07) is 10.0. The van der Waals surface area contributed by atoms with Crippen LogP contribution in [0.3, 0.4) is 0 Å². The van der Waals surface area contributed by atoms with Crippen LogP contribution in [0.4, 0.5) is 18.9 Å². The molecule has 0 saturated carbocycles. The number of nitrogens with zero attached hydrogens (tertiary/aromatic N) is 2. The number of aryl methyl sites for hydroxylation is 1. The Hall–Kier alpha value is -4.35. The number of carbonyl (C=O) groups is 2. The van der Waals surface area contributed by atoms with Gasteiger partial charge in [-0.3, -0.25) is 9.59 Å². The van der Waals surface area contributed by atoms with Gasteiger partial charge in [-0.05, 0) is 37.3 Å². The van der Waals surface area contributed by atoms with E-state index in [0.29, 0.717) is 30.4 Å². The third kappa shape index (κ3) is 5.42. The van der Waals surface area contributed by atoms with E-state index in [1.54, 1.807) is 18.2 Å². The number of nitrogens with one attached hydrogen (secondary N) is 1. The molecule has 35 heavy (non-hydrogen) atoms. The fourth-order valence-corrected chi connectivity index (χ4v) is 3.28. The molecule has 0 atom stereocenters. The van der Waals surface area contributed by atoms with Gasteiger partial charge in [0, 0.05) is 23.5 Å². The van der Waals surface area contributed by atoms with Gasteiger partial charge in [0.15, 0.2) is 18.1 Å². The Bertz CT molecular complexity index is 1350. The molecule has 0 radical (unpaired) electrons. The molecule has 4 rings (SSSR count). The SMILES string of the molecule is Cc1cc(=O)c(C(=O)OCC(=O)Nc2ccc3c(c2)OCCO3)nn1-c1cccc(C(F)(F)F)c1. The van der Waals surface area contributed by atoms with Crippen LogP contribution in [0.1, 0.15) is 21.7 Å². The molecule has 2 heterocycles. The number of anilines is 1. The number of ether oxygens (including phenoxy) is 3.